The van der Waals surface area contributed by atoms with E-state index in [1.807, 2.05) is 0 Å². The summed E-state index contributed by atoms with van der Waals surface area (Å²) in [5.41, 5.74) is 3.69. The molecule has 0 bridgehead atoms. The van der Waals surface area contributed by atoms with Crippen LogP contribution >= 0.6 is 0 Å². The van der Waals surface area contributed by atoms with Crippen LogP contribution in [0.25, 0.3) is 0 Å². The number of H-pyrrole nitrogens is 1. The second-order valence-corrected chi connectivity index (χ2v) is 4.31. The fraction of sp³-hybridized carbons (Fsp3) is 0.615. The average molecular weight is 222 g/mol. The van der Waals surface area contributed by atoms with Gasteiger partial charge < -0.3 is 10.3 Å². The molecule has 3 nitrogen and oxygen atoms in total. The van der Waals surface area contributed by atoms with Gasteiger partial charge in [0.05, 0.1) is 0 Å². The van der Waals surface area contributed by atoms with E-state index in [9.17, 15) is 4.79 Å². The van der Waals surface area contributed by atoms with Gasteiger partial charge in [0.25, 0.3) is 0 Å². The zero-order valence-corrected chi connectivity index (χ0v) is 10.5. The largest absolute Gasteiger partial charge is 0.362 e. The first-order chi connectivity index (χ1) is 7.63. The highest BCUT2D eigenvalue weighted by atomic mass is 16.1. The van der Waals surface area contributed by atoms with Crippen molar-refractivity contribution >= 4 is 5.91 Å². The number of hydrogen-bond acceptors (Lipinski definition) is 1. The Morgan fingerprint density at radius 3 is 2.75 bits per heavy atom. The molecule has 3 heteroatoms. The molecule has 1 heterocycles. The number of unbranched alkanes of at least 4 members (excludes halogenated alkanes) is 1. The number of aromatic nitrogens is 1. The number of carbonyl (C=O) groups is 1. The highest BCUT2D eigenvalue weighted by Gasteiger charge is 2.03. The lowest BCUT2D eigenvalue weighted by Crippen LogP contribution is -2.25. The molecule has 0 radical (unpaired) electrons. The van der Waals surface area contributed by atoms with Gasteiger partial charge in [0, 0.05) is 24.4 Å². The maximum Gasteiger partial charge on any atom is 0.220 e. The van der Waals surface area contributed by atoms with Crippen LogP contribution in [0, 0.1) is 13.8 Å². The maximum absolute atomic E-state index is 11.4. The Balaban J connectivity index is 2.25. The van der Waals surface area contributed by atoms with Gasteiger partial charge in [0.1, 0.15) is 0 Å². The first kappa shape index (κ1) is 12.8. The van der Waals surface area contributed by atoms with E-state index in [2.05, 4.69) is 37.1 Å². The smallest absolute Gasteiger partial charge is 0.220 e. The molecule has 0 aliphatic rings. The number of carbonyl (C=O) groups excluding carboxylic acids is 1. The molecule has 0 fully saturated rings. The van der Waals surface area contributed by atoms with Gasteiger partial charge in [-0.25, -0.2) is 0 Å². The molecular formula is C13H22N2O. The summed E-state index contributed by atoms with van der Waals surface area (Å²) >= 11 is 0. The van der Waals surface area contributed by atoms with Crippen LogP contribution in [-0.4, -0.2) is 17.4 Å². The van der Waals surface area contributed by atoms with Gasteiger partial charge in [-0.2, -0.15) is 0 Å². The molecule has 0 aliphatic carbocycles. The van der Waals surface area contributed by atoms with Crippen LogP contribution in [0.1, 0.15) is 43.1 Å². The lowest BCUT2D eigenvalue weighted by molar-refractivity contribution is -0.121. The van der Waals surface area contributed by atoms with Crippen LogP contribution in [-0.2, 0) is 11.2 Å². The van der Waals surface area contributed by atoms with Crippen molar-refractivity contribution in [2.24, 2.45) is 0 Å². The average Bonchev–Trinajstić information content (AvgIpc) is 2.55. The topological polar surface area (TPSA) is 44.9 Å². The third kappa shape index (κ3) is 4.09. The predicted octanol–water partition coefficient (Wildman–Crippen LogP) is 2.48. The Labute approximate surface area is 97.6 Å². The number of aromatic amines is 1. The Hall–Kier alpha value is -1.25. The summed E-state index contributed by atoms with van der Waals surface area (Å²) in [5, 5.41) is 2.95. The Kier molecular flexibility index (Phi) is 5.09. The van der Waals surface area contributed by atoms with Gasteiger partial charge >= 0.3 is 0 Å². The fourth-order valence-corrected chi connectivity index (χ4v) is 1.80. The van der Waals surface area contributed by atoms with Crippen LogP contribution in [0.3, 0.4) is 0 Å². The molecule has 0 unspecified atom stereocenters. The van der Waals surface area contributed by atoms with Gasteiger partial charge in [0.2, 0.25) is 5.91 Å². The van der Waals surface area contributed by atoms with Crippen molar-refractivity contribution in [2.45, 2.75) is 46.5 Å². The quantitative estimate of drug-likeness (QED) is 0.763. The lowest BCUT2D eigenvalue weighted by atomic mass is 10.2. The molecule has 1 amide bonds. The molecular weight excluding hydrogens is 200 g/mol. The van der Waals surface area contributed by atoms with Crippen molar-refractivity contribution in [3.63, 3.8) is 0 Å². The van der Waals surface area contributed by atoms with Gasteiger partial charge in [-0.15, -0.1) is 0 Å². The normalized spacial score (nSPS) is 10.4. The molecule has 0 aromatic carbocycles. The van der Waals surface area contributed by atoms with E-state index in [4.69, 9.17) is 0 Å². The zero-order valence-electron chi connectivity index (χ0n) is 10.5. The number of rotatable bonds is 6. The number of hydrogen-bond donors (Lipinski definition) is 2. The molecule has 1 rings (SSSR count). The third-order valence-electron chi connectivity index (χ3n) is 2.73. The molecule has 0 saturated heterocycles. The maximum atomic E-state index is 11.4. The van der Waals surface area contributed by atoms with E-state index in [1.165, 1.54) is 17.0 Å². The van der Waals surface area contributed by atoms with E-state index in [0.717, 1.165) is 25.8 Å². The SMILES string of the molecule is CCCCC(=O)NCCc1cc(C)[nH]c1C. The van der Waals surface area contributed by atoms with E-state index in [1.54, 1.807) is 0 Å². The molecule has 0 spiro atoms. The predicted molar refractivity (Wildman–Crippen MR) is 66.5 cm³/mol. The van der Waals surface area contributed by atoms with Crippen molar-refractivity contribution in [2.75, 3.05) is 6.54 Å². The van der Waals surface area contributed by atoms with Crippen molar-refractivity contribution in [1.29, 1.82) is 0 Å². The molecule has 16 heavy (non-hydrogen) atoms. The second kappa shape index (κ2) is 6.36. The minimum atomic E-state index is 0.173. The summed E-state index contributed by atoms with van der Waals surface area (Å²) in [6.07, 6.45) is 3.62. The molecule has 1 aromatic rings. The van der Waals surface area contributed by atoms with Crippen molar-refractivity contribution < 1.29 is 4.79 Å². The van der Waals surface area contributed by atoms with Gasteiger partial charge in [0.15, 0.2) is 0 Å². The molecule has 0 saturated carbocycles. The van der Waals surface area contributed by atoms with Crippen LogP contribution in [0.15, 0.2) is 6.07 Å². The third-order valence-corrected chi connectivity index (χ3v) is 2.73. The van der Waals surface area contributed by atoms with E-state index in [-0.39, 0.29) is 5.91 Å². The summed E-state index contributed by atoms with van der Waals surface area (Å²) in [7, 11) is 0. The minimum absolute atomic E-state index is 0.173. The standard InChI is InChI=1S/C13H22N2O/c1-4-5-6-13(16)14-8-7-12-9-10(2)15-11(12)3/h9,15H,4-8H2,1-3H3,(H,14,16). The highest BCUT2D eigenvalue weighted by Crippen LogP contribution is 2.09. The van der Waals surface area contributed by atoms with E-state index in [0.29, 0.717) is 6.42 Å². The highest BCUT2D eigenvalue weighted by molar-refractivity contribution is 5.75. The fourth-order valence-electron chi connectivity index (χ4n) is 1.80. The van der Waals surface area contributed by atoms with Crippen LogP contribution in [0.2, 0.25) is 0 Å². The second-order valence-electron chi connectivity index (χ2n) is 4.31. The minimum Gasteiger partial charge on any atom is -0.362 e. The number of amides is 1. The van der Waals surface area contributed by atoms with E-state index < -0.39 is 0 Å². The monoisotopic (exact) mass is 222 g/mol. The summed E-state index contributed by atoms with van der Waals surface area (Å²) in [4.78, 5) is 14.6. The van der Waals surface area contributed by atoms with Crippen molar-refractivity contribution in [3.8, 4) is 0 Å². The summed E-state index contributed by atoms with van der Waals surface area (Å²) in [6.45, 7) is 6.96. The zero-order chi connectivity index (χ0) is 12.0. The Morgan fingerprint density at radius 2 is 2.19 bits per heavy atom. The van der Waals surface area contributed by atoms with Crippen LogP contribution in [0.5, 0.6) is 0 Å². The van der Waals surface area contributed by atoms with Gasteiger partial charge in [-0.05, 0) is 38.3 Å². The van der Waals surface area contributed by atoms with Crippen molar-refractivity contribution in [3.05, 3.63) is 23.0 Å². The van der Waals surface area contributed by atoms with Crippen LogP contribution < -0.4 is 5.32 Å². The molecule has 0 aliphatic heterocycles. The summed E-state index contributed by atoms with van der Waals surface area (Å²) in [5.74, 6) is 0.173. The number of aryl methyl sites for hydroxylation is 2. The van der Waals surface area contributed by atoms with Crippen LogP contribution in [0.4, 0.5) is 0 Å². The Morgan fingerprint density at radius 1 is 1.44 bits per heavy atom. The van der Waals surface area contributed by atoms with Gasteiger partial charge in [-0.1, -0.05) is 13.3 Å². The Bertz CT molecular complexity index is 342. The van der Waals surface area contributed by atoms with Crippen molar-refractivity contribution in [1.82, 2.24) is 10.3 Å². The lowest BCUT2D eigenvalue weighted by Gasteiger charge is -2.04. The summed E-state index contributed by atoms with van der Waals surface area (Å²) in [6, 6.07) is 2.15. The summed E-state index contributed by atoms with van der Waals surface area (Å²) < 4.78 is 0. The molecule has 1 aromatic heterocycles. The molecule has 2 N–H and O–H groups in total. The molecule has 0 atom stereocenters. The first-order valence-electron chi connectivity index (χ1n) is 6.05. The first-order valence-corrected chi connectivity index (χ1v) is 6.05. The van der Waals surface area contributed by atoms with E-state index >= 15 is 0 Å². The number of nitrogens with one attached hydrogen (secondary N) is 2. The van der Waals surface area contributed by atoms with Gasteiger partial charge in [-0.3, -0.25) is 4.79 Å². The molecule has 90 valence electrons.